The zero-order chi connectivity index (χ0) is 13.1. The van der Waals surface area contributed by atoms with Gasteiger partial charge in [0, 0.05) is 30.1 Å². The van der Waals surface area contributed by atoms with Crippen LogP contribution in [0.25, 0.3) is 0 Å². The molecule has 5 nitrogen and oxygen atoms in total. The number of nitrogens with two attached hydrogens (primary N) is 1. The zero-order valence-corrected chi connectivity index (χ0v) is 10.1. The van der Waals surface area contributed by atoms with Crippen LogP contribution in [-0.4, -0.2) is 9.49 Å². The summed E-state index contributed by atoms with van der Waals surface area (Å²) >= 11 is 0. The third kappa shape index (κ3) is 2.57. The van der Waals surface area contributed by atoms with E-state index in [1.165, 1.54) is 6.07 Å². The van der Waals surface area contributed by atoms with Gasteiger partial charge >= 0.3 is 0 Å². The SMILES string of the molecule is CC(N)c1ccn(Cc2ccccc2[N+](=O)[O-])c1. The molecule has 0 aliphatic heterocycles. The normalized spacial score (nSPS) is 12.3. The molecule has 0 radical (unpaired) electrons. The molecule has 1 aromatic carbocycles. The van der Waals surface area contributed by atoms with Crippen molar-refractivity contribution in [3.63, 3.8) is 0 Å². The maximum absolute atomic E-state index is 10.9. The molecule has 0 aliphatic carbocycles. The summed E-state index contributed by atoms with van der Waals surface area (Å²) in [6.45, 7) is 2.38. The van der Waals surface area contributed by atoms with E-state index in [1.807, 2.05) is 30.0 Å². The number of nitro benzene ring substituents is 1. The third-order valence-electron chi connectivity index (χ3n) is 2.84. The van der Waals surface area contributed by atoms with E-state index in [0.717, 1.165) is 5.56 Å². The molecule has 1 aromatic heterocycles. The van der Waals surface area contributed by atoms with Crippen molar-refractivity contribution in [2.24, 2.45) is 5.73 Å². The Balaban J connectivity index is 2.25. The lowest BCUT2D eigenvalue weighted by Crippen LogP contribution is -2.04. The van der Waals surface area contributed by atoms with Crippen molar-refractivity contribution in [2.45, 2.75) is 19.5 Å². The van der Waals surface area contributed by atoms with Gasteiger partial charge < -0.3 is 10.3 Å². The maximum Gasteiger partial charge on any atom is 0.274 e. The summed E-state index contributed by atoms with van der Waals surface area (Å²) < 4.78 is 1.90. The summed E-state index contributed by atoms with van der Waals surface area (Å²) in [4.78, 5) is 10.5. The van der Waals surface area contributed by atoms with Crippen LogP contribution in [0.4, 0.5) is 5.69 Å². The van der Waals surface area contributed by atoms with Crippen molar-refractivity contribution in [1.82, 2.24) is 4.57 Å². The first-order valence-corrected chi connectivity index (χ1v) is 5.71. The maximum atomic E-state index is 10.9. The van der Waals surface area contributed by atoms with Crippen molar-refractivity contribution >= 4 is 5.69 Å². The summed E-state index contributed by atoms with van der Waals surface area (Å²) in [5.74, 6) is 0. The highest BCUT2D eigenvalue weighted by Gasteiger charge is 2.12. The van der Waals surface area contributed by atoms with Gasteiger partial charge in [0.15, 0.2) is 0 Å². The van der Waals surface area contributed by atoms with Crippen LogP contribution in [0.1, 0.15) is 24.1 Å². The molecule has 1 atom stereocenters. The fourth-order valence-electron chi connectivity index (χ4n) is 1.85. The first-order valence-electron chi connectivity index (χ1n) is 5.71. The van der Waals surface area contributed by atoms with Gasteiger partial charge in [-0.3, -0.25) is 10.1 Å². The number of rotatable bonds is 4. The molecule has 2 N–H and O–H groups in total. The highest BCUT2D eigenvalue weighted by Crippen LogP contribution is 2.19. The Bertz CT molecular complexity index is 561. The average molecular weight is 245 g/mol. The third-order valence-corrected chi connectivity index (χ3v) is 2.84. The molecule has 0 amide bonds. The number of aromatic nitrogens is 1. The first kappa shape index (κ1) is 12.3. The molecule has 94 valence electrons. The molecule has 2 rings (SSSR count). The van der Waals surface area contributed by atoms with Crippen LogP contribution in [0.15, 0.2) is 42.7 Å². The average Bonchev–Trinajstić information content (AvgIpc) is 2.78. The molecule has 0 bridgehead atoms. The number of benzene rings is 1. The Labute approximate surface area is 105 Å². The molecular weight excluding hydrogens is 230 g/mol. The van der Waals surface area contributed by atoms with Crippen LogP contribution >= 0.6 is 0 Å². The lowest BCUT2D eigenvalue weighted by molar-refractivity contribution is -0.385. The van der Waals surface area contributed by atoms with Gasteiger partial charge in [-0.2, -0.15) is 0 Å². The van der Waals surface area contributed by atoms with Crippen molar-refractivity contribution in [3.05, 3.63) is 64.0 Å². The first-order chi connectivity index (χ1) is 8.58. The molecule has 0 saturated heterocycles. The van der Waals surface area contributed by atoms with Gasteiger partial charge in [0.2, 0.25) is 0 Å². The molecule has 0 fully saturated rings. The molecular formula is C13H15N3O2. The fourth-order valence-corrected chi connectivity index (χ4v) is 1.85. The Hall–Kier alpha value is -2.14. The van der Waals surface area contributed by atoms with Crippen LogP contribution in [0, 0.1) is 10.1 Å². The van der Waals surface area contributed by atoms with E-state index in [-0.39, 0.29) is 16.7 Å². The van der Waals surface area contributed by atoms with Crippen LogP contribution in [-0.2, 0) is 6.54 Å². The Morgan fingerprint density at radius 1 is 1.39 bits per heavy atom. The number of nitrogens with zero attached hydrogens (tertiary/aromatic N) is 2. The van der Waals surface area contributed by atoms with Crippen molar-refractivity contribution in [2.75, 3.05) is 0 Å². The van der Waals surface area contributed by atoms with Gasteiger partial charge in [-0.15, -0.1) is 0 Å². The lowest BCUT2D eigenvalue weighted by Gasteiger charge is -2.05. The number of hydrogen-bond acceptors (Lipinski definition) is 3. The van der Waals surface area contributed by atoms with E-state index in [1.54, 1.807) is 18.2 Å². The second kappa shape index (κ2) is 5.01. The minimum Gasteiger partial charge on any atom is -0.349 e. The highest BCUT2D eigenvalue weighted by molar-refractivity contribution is 5.40. The van der Waals surface area contributed by atoms with Gasteiger partial charge in [0.1, 0.15) is 0 Å². The topological polar surface area (TPSA) is 74.1 Å². The standard InChI is InChI=1S/C13H15N3O2/c1-10(14)11-6-7-15(8-11)9-12-4-2-3-5-13(12)16(17)18/h2-8,10H,9,14H2,1H3. The van der Waals surface area contributed by atoms with E-state index < -0.39 is 0 Å². The van der Waals surface area contributed by atoms with E-state index in [0.29, 0.717) is 12.1 Å². The number of hydrogen-bond donors (Lipinski definition) is 1. The van der Waals surface area contributed by atoms with Gasteiger partial charge in [-0.05, 0) is 18.6 Å². The van der Waals surface area contributed by atoms with Crippen molar-refractivity contribution in [1.29, 1.82) is 0 Å². The largest absolute Gasteiger partial charge is 0.349 e. The zero-order valence-electron chi connectivity index (χ0n) is 10.1. The smallest absolute Gasteiger partial charge is 0.274 e. The van der Waals surface area contributed by atoms with E-state index in [9.17, 15) is 10.1 Å². The summed E-state index contributed by atoms with van der Waals surface area (Å²) in [6, 6.07) is 8.66. The van der Waals surface area contributed by atoms with E-state index >= 15 is 0 Å². The molecule has 0 saturated carbocycles. The second-order valence-corrected chi connectivity index (χ2v) is 4.29. The Morgan fingerprint density at radius 2 is 2.11 bits per heavy atom. The molecule has 0 spiro atoms. The summed E-state index contributed by atoms with van der Waals surface area (Å²) in [5, 5.41) is 10.9. The van der Waals surface area contributed by atoms with Crippen LogP contribution in [0.5, 0.6) is 0 Å². The highest BCUT2D eigenvalue weighted by atomic mass is 16.6. The molecule has 5 heteroatoms. The summed E-state index contributed by atoms with van der Waals surface area (Å²) in [7, 11) is 0. The molecule has 1 heterocycles. The molecule has 1 unspecified atom stereocenters. The number of nitro groups is 1. The summed E-state index contributed by atoms with van der Waals surface area (Å²) in [6.07, 6.45) is 3.80. The molecule has 0 aliphatic rings. The van der Waals surface area contributed by atoms with Crippen LogP contribution < -0.4 is 5.73 Å². The van der Waals surface area contributed by atoms with E-state index in [2.05, 4.69) is 0 Å². The fraction of sp³-hybridized carbons (Fsp3) is 0.231. The summed E-state index contributed by atoms with van der Waals surface area (Å²) in [5.41, 5.74) is 7.63. The van der Waals surface area contributed by atoms with Gasteiger partial charge in [0.25, 0.3) is 5.69 Å². The second-order valence-electron chi connectivity index (χ2n) is 4.29. The van der Waals surface area contributed by atoms with Crippen molar-refractivity contribution < 1.29 is 4.92 Å². The monoisotopic (exact) mass is 245 g/mol. The van der Waals surface area contributed by atoms with Crippen LogP contribution in [0.3, 0.4) is 0 Å². The molecule has 2 aromatic rings. The van der Waals surface area contributed by atoms with Gasteiger partial charge in [-0.1, -0.05) is 18.2 Å². The number of para-hydroxylation sites is 1. The van der Waals surface area contributed by atoms with Crippen molar-refractivity contribution in [3.8, 4) is 0 Å². The minimum absolute atomic E-state index is 0.0305. The quantitative estimate of drug-likeness (QED) is 0.664. The predicted octanol–water partition coefficient (Wildman–Crippen LogP) is 2.46. The van der Waals surface area contributed by atoms with Gasteiger partial charge in [0.05, 0.1) is 11.5 Å². The van der Waals surface area contributed by atoms with E-state index in [4.69, 9.17) is 5.73 Å². The lowest BCUT2D eigenvalue weighted by atomic mass is 10.2. The Morgan fingerprint density at radius 3 is 2.72 bits per heavy atom. The minimum atomic E-state index is -0.356. The predicted molar refractivity (Wildman–Crippen MR) is 69.2 cm³/mol. The van der Waals surface area contributed by atoms with Crippen LogP contribution in [0.2, 0.25) is 0 Å². The molecule has 18 heavy (non-hydrogen) atoms. The van der Waals surface area contributed by atoms with Gasteiger partial charge in [-0.25, -0.2) is 0 Å². The Kier molecular flexibility index (Phi) is 3.43.